The van der Waals surface area contributed by atoms with Crippen molar-refractivity contribution in [3.8, 4) is 0 Å². The summed E-state index contributed by atoms with van der Waals surface area (Å²) in [7, 11) is 0. The van der Waals surface area contributed by atoms with E-state index in [1.165, 1.54) is 13.0 Å². The molecule has 0 bridgehead atoms. The van der Waals surface area contributed by atoms with Crippen LogP contribution < -0.4 is 10.6 Å². The number of hydrogen-bond acceptors (Lipinski definition) is 3. The summed E-state index contributed by atoms with van der Waals surface area (Å²) < 4.78 is 39.0. The van der Waals surface area contributed by atoms with Gasteiger partial charge in [-0.25, -0.2) is 0 Å². The van der Waals surface area contributed by atoms with Crippen molar-refractivity contribution >= 4 is 29.1 Å². The Morgan fingerprint density at radius 2 is 2.13 bits per heavy atom. The number of alkyl halides is 3. The van der Waals surface area contributed by atoms with Crippen molar-refractivity contribution in [2.75, 3.05) is 25.0 Å². The second kappa shape index (κ2) is 6.76. The standard InChI is InChI=1S/C14H15ClF3N3O2/c1-8(21-5-4-19-12(22)7-21)13(23)20-11-3-2-9(15)6-10(11)14(16,17)18/h2-3,6,8H,4-5,7H2,1H3,(H,19,22)(H,20,23). The molecule has 0 aromatic heterocycles. The van der Waals surface area contributed by atoms with Crippen LogP contribution in [0.2, 0.25) is 5.02 Å². The number of carbonyl (C=O) groups excluding carboxylic acids is 2. The topological polar surface area (TPSA) is 61.4 Å². The molecule has 2 amide bonds. The Morgan fingerprint density at radius 3 is 2.74 bits per heavy atom. The van der Waals surface area contributed by atoms with Gasteiger partial charge in [0.1, 0.15) is 0 Å². The smallest absolute Gasteiger partial charge is 0.354 e. The molecule has 0 radical (unpaired) electrons. The number of nitrogens with one attached hydrogen (secondary N) is 2. The highest BCUT2D eigenvalue weighted by Crippen LogP contribution is 2.36. The predicted molar refractivity (Wildman–Crippen MR) is 79.1 cm³/mol. The SMILES string of the molecule is CC(C(=O)Nc1ccc(Cl)cc1C(F)(F)F)N1CCNC(=O)C1. The highest BCUT2D eigenvalue weighted by atomic mass is 35.5. The Balaban J connectivity index is 2.15. The van der Waals surface area contributed by atoms with Crippen LogP contribution in [0.1, 0.15) is 12.5 Å². The van der Waals surface area contributed by atoms with Crippen molar-refractivity contribution in [3.63, 3.8) is 0 Å². The average Bonchev–Trinajstić information content (AvgIpc) is 2.47. The lowest BCUT2D eigenvalue weighted by atomic mass is 10.1. The summed E-state index contributed by atoms with van der Waals surface area (Å²) in [6, 6.07) is 2.40. The molecule has 2 rings (SSSR count). The van der Waals surface area contributed by atoms with E-state index in [-0.39, 0.29) is 23.2 Å². The molecule has 2 N–H and O–H groups in total. The minimum absolute atomic E-state index is 0.0291. The second-order valence-corrected chi connectivity index (χ2v) is 5.61. The van der Waals surface area contributed by atoms with Crippen LogP contribution in [0.25, 0.3) is 0 Å². The van der Waals surface area contributed by atoms with Crippen LogP contribution in [0.5, 0.6) is 0 Å². The van der Waals surface area contributed by atoms with E-state index in [9.17, 15) is 22.8 Å². The van der Waals surface area contributed by atoms with Crippen molar-refractivity contribution in [2.45, 2.75) is 19.1 Å². The van der Waals surface area contributed by atoms with Crippen LogP contribution in [0.4, 0.5) is 18.9 Å². The van der Waals surface area contributed by atoms with Crippen LogP contribution in [0.15, 0.2) is 18.2 Å². The first-order valence-corrected chi connectivity index (χ1v) is 7.24. The van der Waals surface area contributed by atoms with E-state index in [1.54, 1.807) is 4.90 Å². The summed E-state index contributed by atoms with van der Waals surface area (Å²) in [6.45, 7) is 2.41. The van der Waals surface area contributed by atoms with E-state index >= 15 is 0 Å². The Kier molecular flexibility index (Phi) is 5.16. The molecule has 1 aromatic rings. The van der Waals surface area contributed by atoms with Gasteiger partial charge < -0.3 is 10.6 Å². The minimum Gasteiger partial charge on any atom is -0.354 e. The zero-order chi connectivity index (χ0) is 17.2. The lowest BCUT2D eigenvalue weighted by Crippen LogP contribution is -2.53. The molecule has 0 saturated carbocycles. The Bertz CT molecular complexity index is 622. The zero-order valence-corrected chi connectivity index (χ0v) is 13.0. The van der Waals surface area contributed by atoms with E-state index in [2.05, 4.69) is 10.6 Å². The third-order valence-corrected chi connectivity index (χ3v) is 3.78. The first-order valence-electron chi connectivity index (χ1n) is 6.87. The minimum atomic E-state index is -4.64. The molecule has 0 spiro atoms. The third-order valence-electron chi connectivity index (χ3n) is 3.54. The van der Waals surface area contributed by atoms with Gasteiger partial charge >= 0.3 is 6.18 Å². The van der Waals surface area contributed by atoms with E-state index in [0.717, 1.165) is 12.1 Å². The molecule has 1 aliphatic heterocycles. The molecular weight excluding hydrogens is 335 g/mol. The number of amides is 2. The summed E-state index contributed by atoms with van der Waals surface area (Å²) in [5, 5.41) is 4.81. The molecule has 1 fully saturated rings. The van der Waals surface area contributed by atoms with Crippen molar-refractivity contribution in [1.29, 1.82) is 0 Å². The number of carbonyl (C=O) groups is 2. The van der Waals surface area contributed by atoms with Gasteiger partial charge in [-0.2, -0.15) is 13.2 Å². The monoisotopic (exact) mass is 349 g/mol. The summed E-state index contributed by atoms with van der Waals surface area (Å²) in [5.74, 6) is -0.842. The number of rotatable bonds is 3. The molecule has 126 valence electrons. The quantitative estimate of drug-likeness (QED) is 0.878. The maximum Gasteiger partial charge on any atom is 0.418 e. The molecular formula is C14H15ClF3N3O2. The lowest BCUT2D eigenvalue weighted by Gasteiger charge is -2.31. The lowest BCUT2D eigenvalue weighted by molar-refractivity contribution is -0.137. The van der Waals surface area contributed by atoms with Gasteiger partial charge in [0.2, 0.25) is 11.8 Å². The maximum atomic E-state index is 13.0. The summed E-state index contributed by atoms with van der Waals surface area (Å²) >= 11 is 5.59. The third kappa shape index (κ3) is 4.35. The highest BCUT2D eigenvalue weighted by Gasteiger charge is 2.35. The molecule has 0 aliphatic carbocycles. The van der Waals surface area contributed by atoms with Gasteiger partial charge in [-0.05, 0) is 25.1 Å². The molecule has 1 saturated heterocycles. The Hall–Kier alpha value is -1.80. The molecule has 23 heavy (non-hydrogen) atoms. The fourth-order valence-corrected chi connectivity index (χ4v) is 2.42. The van der Waals surface area contributed by atoms with Crippen molar-refractivity contribution in [2.24, 2.45) is 0 Å². The molecule has 1 atom stereocenters. The van der Waals surface area contributed by atoms with Crippen molar-refractivity contribution < 1.29 is 22.8 Å². The number of piperazine rings is 1. The highest BCUT2D eigenvalue weighted by molar-refractivity contribution is 6.30. The summed E-state index contributed by atoms with van der Waals surface area (Å²) in [4.78, 5) is 25.1. The van der Waals surface area contributed by atoms with E-state index in [1.807, 2.05) is 0 Å². The fourth-order valence-electron chi connectivity index (χ4n) is 2.25. The van der Waals surface area contributed by atoms with E-state index < -0.39 is 23.7 Å². The Morgan fingerprint density at radius 1 is 1.43 bits per heavy atom. The predicted octanol–water partition coefficient (Wildman–Crippen LogP) is 2.12. The van der Waals surface area contributed by atoms with Gasteiger partial charge in [0, 0.05) is 18.1 Å². The number of hydrogen-bond donors (Lipinski definition) is 2. The molecule has 9 heteroatoms. The van der Waals surface area contributed by atoms with Gasteiger partial charge in [-0.1, -0.05) is 11.6 Å². The number of nitrogens with zero attached hydrogens (tertiary/aromatic N) is 1. The number of benzene rings is 1. The van der Waals surface area contributed by atoms with Crippen molar-refractivity contribution in [3.05, 3.63) is 28.8 Å². The Labute approximate surface area is 135 Å². The van der Waals surface area contributed by atoms with Crippen LogP contribution in [-0.2, 0) is 15.8 Å². The van der Waals surface area contributed by atoms with Crippen LogP contribution in [-0.4, -0.2) is 42.4 Å². The number of anilines is 1. The van der Waals surface area contributed by atoms with Crippen LogP contribution in [0.3, 0.4) is 0 Å². The van der Waals surface area contributed by atoms with E-state index in [4.69, 9.17) is 11.6 Å². The molecule has 5 nitrogen and oxygen atoms in total. The van der Waals surface area contributed by atoms with E-state index in [0.29, 0.717) is 13.1 Å². The van der Waals surface area contributed by atoms with Gasteiger partial charge in [0.05, 0.1) is 23.8 Å². The largest absolute Gasteiger partial charge is 0.418 e. The first-order chi connectivity index (χ1) is 10.7. The number of halogens is 4. The summed E-state index contributed by atoms with van der Waals surface area (Å²) in [5.41, 5.74) is -1.37. The van der Waals surface area contributed by atoms with Gasteiger partial charge in [0.25, 0.3) is 0 Å². The normalized spacial score (nSPS) is 17.5. The van der Waals surface area contributed by atoms with Crippen LogP contribution >= 0.6 is 11.6 Å². The second-order valence-electron chi connectivity index (χ2n) is 5.17. The van der Waals surface area contributed by atoms with Gasteiger partial charge in [0.15, 0.2) is 0 Å². The first kappa shape index (κ1) is 17.6. The molecule has 1 aromatic carbocycles. The fraction of sp³-hybridized carbons (Fsp3) is 0.429. The average molecular weight is 350 g/mol. The molecule has 1 aliphatic rings. The zero-order valence-electron chi connectivity index (χ0n) is 12.2. The molecule has 1 unspecified atom stereocenters. The van der Waals surface area contributed by atoms with Crippen LogP contribution in [0, 0.1) is 0 Å². The van der Waals surface area contributed by atoms with Gasteiger partial charge in [-0.3, -0.25) is 14.5 Å². The van der Waals surface area contributed by atoms with Crippen molar-refractivity contribution in [1.82, 2.24) is 10.2 Å². The summed E-state index contributed by atoms with van der Waals surface area (Å²) in [6.07, 6.45) is -4.64. The molecule has 1 heterocycles. The maximum absolute atomic E-state index is 13.0. The van der Waals surface area contributed by atoms with Gasteiger partial charge in [-0.15, -0.1) is 0 Å².